The second kappa shape index (κ2) is 30.0. The van der Waals surface area contributed by atoms with Gasteiger partial charge in [-0.05, 0) is 117 Å². The van der Waals surface area contributed by atoms with Gasteiger partial charge in [0.1, 0.15) is 30.6 Å². The highest BCUT2D eigenvalue weighted by Gasteiger charge is 2.80. The van der Waals surface area contributed by atoms with Gasteiger partial charge >= 0.3 is 0 Å². The molecule has 0 radical (unpaired) electrons. The van der Waals surface area contributed by atoms with Crippen LogP contribution in [0.5, 0.6) is 5.75 Å². The van der Waals surface area contributed by atoms with Crippen LogP contribution in [-0.4, -0.2) is 160 Å². The van der Waals surface area contributed by atoms with E-state index in [1.165, 1.54) is 26.0 Å². The summed E-state index contributed by atoms with van der Waals surface area (Å²) in [5, 5.41) is 22.9. The van der Waals surface area contributed by atoms with Crippen molar-refractivity contribution in [3.05, 3.63) is 113 Å². The van der Waals surface area contributed by atoms with Crippen molar-refractivity contribution in [2.24, 2.45) is 28.6 Å². The van der Waals surface area contributed by atoms with Crippen LogP contribution in [0.4, 0.5) is 20.2 Å². The molecule has 3 aromatic carbocycles. The van der Waals surface area contributed by atoms with Crippen molar-refractivity contribution in [3.63, 3.8) is 0 Å². The number of para-hydroxylation sites is 1. The summed E-state index contributed by atoms with van der Waals surface area (Å²) in [5.41, 5.74) is -3.11. The topological polar surface area (TPSA) is 256 Å². The number of ketones is 2. The van der Waals surface area contributed by atoms with Crippen molar-refractivity contribution in [1.82, 2.24) is 16.0 Å². The number of aliphatic hydroxyl groups excluding tert-OH is 1. The molecule has 91 heavy (non-hydrogen) atoms. The van der Waals surface area contributed by atoms with Crippen LogP contribution < -0.4 is 30.9 Å². The number of ether oxygens (including phenoxy) is 7. The number of hydrogen-bond donors (Lipinski definition) is 5. The molecule has 1 saturated heterocycles. The quantitative estimate of drug-likeness (QED) is 0.0343. The largest absolute Gasteiger partial charge is 0.486 e. The molecule has 490 valence electrons. The van der Waals surface area contributed by atoms with Crippen molar-refractivity contribution in [2.45, 2.75) is 147 Å². The molecule has 9 rings (SSSR count). The number of allylic oxidation sites excluding steroid dienone is 4. The zero-order valence-corrected chi connectivity index (χ0v) is 52.7. The molecule has 0 unspecified atom stereocenters. The van der Waals surface area contributed by atoms with Gasteiger partial charge in [0.15, 0.2) is 23.3 Å². The Hall–Kier alpha value is -7.23. The summed E-state index contributed by atoms with van der Waals surface area (Å²) in [4.78, 5) is 94.4. The lowest BCUT2D eigenvalue weighted by atomic mass is 9.44. The predicted molar refractivity (Wildman–Crippen MR) is 332 cm³/mol. The minimum atomic E-state index is -2.34. The Morgan fingerprint density at radius 2 is 1.44 bits per heavy atom. The highest BCUT2D eigenvalue weighted by Crippen LogP contribution is 2.72. The second-order valence-electron chi connectivity index (χ2n) is 25.0. The second-order valence-corrected chi connectivity index (χ2v) is 25.0. The van der Waals surface area contributed by atoms with Crippen molar-refractivity contribution >= 4 is 52.5 Å². The van der Waals surface area contributed by atoms with Gasteiger partial charge in [-0.1, -0.05) is 82.4 Å². The first-order valence-electron chi connectivity index (χ1n) is 31.7. The van der Waals surface area contributed by atoms with Gasteiger partial charge in [0.2, 0.25) is 35.3 Å². The molecule has 20 nitrogen and oxygen atoms in total. The van der Waals surface area contributed by atoms with Crippen LogP contribution in [0.2, 0.25) is 0 Å². The standard InChI is InChI=1S/C69H85F2N5O15/c1-7-12-62-90-58-39-51-52-38-54(70)53-37-49(77)25-27-66(53,5)68(52,71)56(78)40-67(51,6)69(58,91-62)57(79)42-89-50-21-19-48(20-22-50)74-64(83)44(4)73-65(84)63(43(2)3)75-60(81)26-29-85-31-33-87-35-36-88-34-32-86-30-28-72-59(80)23-24-61(82)76-41-47-15-9-8-13-45(47)17-18-46-14-10-11-16-55(46)76/h8-11,13-16,19-22,25,27,37,43-44,51-52,54,56,58,62-63,78H,7,12,23-24,26,28-36,38-42H2,1-6H3,(H,72,80)(H,73,84)(H,74,83)(H,75,81)/t44-,51-,52-,54-,56-,58+,62+,63-,66-,67-,68-,69+/m0/s1. The third-order valence-corrected chi connectivity index (χ3v) is 18.8. The van der Waals surface area contributed by atoms with Gasteiger partial charge in [-0.25, -0.2) is 8.78 Å². The highest BCUT2D eigenvalue weighted by molar-refractivity contribution is 6.02. The number of rotatable bonds is 30. The molecule has 2 heterocycles. The number of nitrogens with one attached hydrogen (secondary N) is 4. The Morgan fingerprint density at radius 3 is 2.14 bits per heavy atom. The summed E-state index contributed by atoms with van der Waals surface area (Å²) in [5.74, 6) is 1.84. The summed E-state index contributed by atoms with van der Waals surface area (Å²) in [7, 11) is 0. The lowest BCUT2D eigenvalue weighted by Gasteiger charge is -2.63. The van der Waals surface area contributed by atoms with E-state index in [2.05, 4.69) is 33.1 Å². The van der Waals surface area contributed by atoms with Crippen molar-refractivity contribution in [1.29, 1.82) is 0 Å². The van der Waals surface area contributed by atoms with Crippen LogP contribution in [0.3, 0.4) is 0 Å². The van der Waals surface area contributed by atoms with E-state index in [0.29, 0.717) is 51.5 Å². The zero-order valence-electron chi connectivity index (χ0n) is 52.7. The number of alkyl halides is 2. The molecule has 0 bridgehead atoms. The van der Waals surface area contributed by atoms with Crippen molar-refractivity contribution in [2.75, 3.05) is 76.2 Å². The van der Waals surface area contributed by atoms with Gasteiger partial charge in [0, 0.05) is 59.4 Å². The van der Waals surface area contributed by atoms with Crippen LogP contribution in [0.15, 0.2) is 96.6 Å². The van der Waals surface area contributed by atoms with Gasteiger partial charge in [-0.3, -0.25) is 33.6 Å². The number of carbonyl (C=O) groups is 7. The first-order chi connectivity index (χ1) is 43.6. The summed E-state index contributed by atoms with van der Waals surface area (Å²) in [6, 6.07) is 19.5. The number of carbonyl (C=O) groups excluding carboxylic acids is 7. The summed E-state index contributed by atoms with van der Waals surface area (Å²) in [6.45, 7) is 12.6. The van der Waals surface area contributed by atoms with Gasteiger partial charge in [0.25, 0.3) is 0 Å². The average Bonchev–Trinajstić information content (AvgIpc) is 1.58. The molecule has 0 aromatic heterocycles. The molecule has 2 aliphatic heterocycles. The maximum Gasteiger partial charge on any atom is 0.246 e. The fourth-order valence-electron chi connectivity index (χ4n) is 14.0. The Kier molecular flexibility index (Phi) is 22.5. The molecule has 5 amide bonds. The monoisotopic (exact) mass is 1260 g/mol. The van der Waals surface area contributed by atoms with Gasteiger partial charge in [-0.2, -0.15) is 0 Å². The van der Waals surface area contributed by atoms with Crippen molar-refractivity contribution < 1.29 is 80.6 Å². The highest BCUT2D eigenvalue weighted by atomic mass is 19.1. The van der Waals surface area contributed by atoms with Gasteiger partial charge in [-0.15, -0.1) is 0 Å². The average molecular weight is 1260 g/mol. The van der Waals surface area contributed by atoms with E-state index in [1.54, 1.807) is 49.9 Å². The van der Waals surface area contributed by atoms with E-state index >= 15 is 8.78 Å². The van der Waals surface area contributed by atoms with Crippen LogP contribution in [-0.2, 0) is 68.5 Å². The number of anilines is 2. The summed E-state index contributed by atoms with van der Waals surface area (Å²) >= 11 is 0. The fourth-order valence-corrected chi connectivity index (χ4v) is 14.0. The van der Waals surface area contributed by atoms with E-state index in [-0.39, 0.29) is 101 Å². The summed E-state index contributed by atoms with van der Waals surface area (Å²) < 4.78 is 75.4. The minimum Gasteiger partial charge on any atom is -0.486 e. The third kappa shape index (κ3) is 14.8. The molecule has 12 atom stereocenters. The molecular weight excluding hydrogens is 1180 g/mol. The molecule has 3 aromatic rings. The smallest absolute Gasteiger partial charge is 0.246 e. The maximum absolute atomic E-state index is 17.9. The maximum atomic E-state index is 17.9. The van der Waals surface area contributed by atoms with E-state index in [1.807, 2.05) is 55.5 Å². The number of Topliss-reactive ketones (excluding diaryl/α,β-unsaturated/α-hetero) is 1. The van der Waals surface area contributed by atoms with Crippen molar-refractivity contribution in [3.8, 4) is 17.6 Å². The van der Waals surface area contributed by atoms with Crippen LogP contribution in [0, 0.1) is 40.4 Å². The molecule has 0 spiro atoms. The molecule has 6 aliphatic rings. The number of aliphatic hydroxyl groups is 1. The predicted octanol–water partition coefficient (Wildman–Crippen LogP) is 6.73. The molecule has 3 saturated carbocycles. The fraction of sp³-hybridized carbons (Fsp3) is 0.551. The molecule has 4 fully saturated rings. The molecule has 22 heteroatoms. The SMILES string of the molecule is CCC[C@@H]1O[C@@H]2C[C@H]3[C@@H]4C[C@H](F)C5=CC(=O)C=C[C@]5(C)[C@@]4(F)[C@@H](O)C[C@]3(C)[C@]2(C(=O)COc2ccc(NC(=O)[C@H](C)NC(=O)[C@@H](NC(=O)CCOCCOCCOCCOCCNC(=O)CCC(=O)N3Cc4ccccc4C#Cc4ccccc43)C(C)C)cc2)O1. The lowest BCUT2D eigenvalue weighted by molar-refractivity contribution is -0.234. The zero-order chi connectivity index (χ0) is 65.1. The lowest BCUT2D eigenvalue weighted by Crippen LogP contribution is -2.71. The normalized spacial score (nSPS) is 27.3. The number of amides is 5. The molecular formula is C69H85F2N5O15. The van der Waals surface area contributed by atoms with Crippen LogP contribution >= 0.6 is 0 Å². The first-order valence-corrected chi connectivity index (χ1v) is 31.7. The number of halogens is 2. The number of hydrogen-bond acceptors (Lipinski definition) is 15. The van der Waals surface area contributed by atoms with E-state index in [9.17, 15) is 38.7 Å². The minimum absolute atomic E-state index is 0.0122. The Bertz CT molecular complexity index is 3280. The third-order valence-electron chi connectivity index (χ3n) is 18.8. The Balaban J connectivity index is 0.621. The summed E-state index contributed by atoms with van der Waals surface area (Å²) in [6.07, 6.45) is -0.134. The number of nitrogens with zero attached hydrogens (tertiary/aromatic N) is 1. The van der Waals surface area contributed by atoms with Crippen LogP contribution in [0.25, 0.3) is 0 Å². The van der Waals surface area contributed by atoms with Gasteiger partial charge < -0.3 is 64.4 Å². The Morgan fingerprint density at radius 1 is 0.780 bits per heavy atom. The number of fused-ring (bicyclic) bond motifs is 9. The van der Waals surface area contributed by atoms with Gasteiger partial charge in [0.05, 0.1) is 77.3 Å². The van der Waals surface area contributed by atoms with E-state index in [4.69, 9.17) is 33.2 Å². The molecule has 4 aliphatic carbocycles. The van der Waals surface area contributed by atoms with Crippen LogP contribution in [0.1, 0.15) is 110 Å². The molecule has 5 N–H and O–H groups in total. The Labute approximate surface area is 530 Å². The first kappa shape index (κ1) is 68.1. The van der Waals surface area contributed by atoms with E-state index < -0.39 is 107 Å². The number of benzene rings is 3. The van der Waals surface area contributed by atoms with E-state index in [0.717, 1.165) is 28.5 Å².